The number of hydrogen-bond donors (Lipinski definition) is 6. The first-order valence-electron chi connectivity index (χ1n) is 9.74. The van der Waals surface area contributed by atoms with Gasteiger partial charge in [0.1, 0.15) is 0 Å². The summed E-state index contributed by atoms with van der Waals surface area (Å²) in [6.45, 7) is 6.80. The van der Waals surface area contributed by atoms with Gasteiger partial charge in [-0.2, -0.15) is 0 Å². The van der Waals surface area contributed by atoms with Crippen molar-refractivity contribution in [3.8, 4) is 0 Å². The Morgan fingerprint density at radius 3 is 1.71 bits per heavy atom. The van der Waals surface area contributed by atoms with E-state index < -0.39 is 16.7 Å². The van der Waals surface area contributed by atoms with Crippen molar-refractivity contribution in [3.63, 3.8) is 0 Å². The molecule has 9 heteroatoms. The lowest BCUT2D eigenvalue weighted by molar-refractivity contribution is -0.136. The van der Waals surface area contributed by atoms with E-state index in [0.29, 0.717) is 6.42 Å². The number of aliphatic hydroxyl groups is 3. The zero-order valence-electron chi connectivity index (χ0n) is 17.5. The minimum Gasteiger partial charge on any atom is -0.395 e. The molecule has 0 aromatic heterocycles. The molecular formula is C19H37N3O6. The molecular weight excluding hydrogens is 366 g/mol. The van der Waals surface area contributed by atoms with Crippen molar-refractivity contribution in [2.75, 3.05) is 39.5 Å². The lowest BCUT2D eigenvalue weighted by Gasteiger charge is -2.34. The largest absolute Gasteiger partial charge is 0.395 e. The lowest BCUT2D eigenvalue weighted by atomic mass is 9.72. The van der Waals surface area contributed by atoms with Crippen LogP contribution in [0.15, 0.2) is 0 Å². The van der Waals surface area contributed by atoms with Gasteiger partial charge in [-0.3, -0.25) is 14.4 Å². The summed E-state index contributed by atoms with van der Waals surface area (Å²) in [6.07, 6.45) is 0.893. The van der Waals surface area contributed by atoms with Crippen molar-refractivity contribution in [2.24, 2.45) is 16.7 Å². The molecule has 0 heterocycles. The van der Waals surface area contributed by atoms with Gasteiger partial charge in [0.15, 0.2) is 0 Å². The van der Waals surface area contributed by atoms with Crippen molar-refractivity contribution in [1.82, 2.24) is 16.0 Å². The molecule has 164 valence electrons. The molecule has 28 heavy (non-hydrogen) atoms. The molecule has 0 rings (SSSR count). The highest BCUT2D eigenvalue weighted by Gasteiger charge is 2.40. The predicted molar refractivity (Wildman–Crippen MR) is 105 cm³/mol. The second-order valence-electron chi connectivity index (χ2n) is 7.88. The van der Waals surface area contributed by atoms with Crippen LogP contribution in [0.3, 0.4) is 0 Å². The summed E-state index contributed by atoms with van der Waals surface area (Å²) in [6, 6.07) is 0. The number of rotatable bonds is 14. The second kappa shape index (κ2) is 12.7. The molecule has 9 nitrogen and oxygen atoms in total. The fraction of sp³-hybridized carbons (Fsp3) is 0.842. The highest BCUT2D eigenvalue weighted by atomic mass is 16.3. The molecule has 2 unspecified atom stereocenters. The summed E-state index contributed by atoms with van der Waals surface area (Å²) in [5, 5.41) is 34.7. The number of carbonyl (C=O) groups excluding carboxylic acids is 3. The zero-order valence-corrected chi connectivity index (χ0v) is 17.5. The molecule has 2 atom stereocenters. The Hall–Kier alpha value is -1.71. The molecule has 0 saturated carbocycles. The van der Waals surface area contributed by atoms with Gasteiger partial charge in [-0.15, -0.1) is 0 Å². The number of hydrogen-bond acceptors (Lipinski definition) is 6. The Bertz CT molecular complexity index is 512. The van der Waals surface area contributed by atoms with Gasteiger partial charge in [-0.25, -0.2) is 0 Å². The summed E-state index contributed by atoms with van der Waals surface area (Å²) in [4.78, 5) is 37.7. The third-order valence-electron chi connectivity index (χ3n) is 4.97. The number of carbonyl (C=O) groups is 3. The van der Waals surface area contributed by atoms with E-state index in [1.807, 2.05) is 6.92 Å². The van der Waals surface area contributed by atoms with Crippen molar-refractivity contribution < 1.29 is 29.7 Å². The fourth-order valence-electron chi connectivity index (χ4n) is 3.02. The molecule has 0 aliphatic heterocycles. The molecule has 0 spiro atoms. The fourth-order valence-corrected chi connectivity index (χ4v) is 3.02. The van der Waals surface area contributed by atoms with Crippen LogP contribution in [-0.4, -0.2) is 72.5 Å². The Balaban J connectivity index is 5.47. The molecule has 0 aliphatic carbocycles. The Labute approximate surface area is 167 Å². The van der Waals surface area contributed by atoms with Crippen LogP contribution in [0.5, 0.6) is 0 Å². The Morgan fingerprint density at radius 2 is 1.25 bits per heavy atom. The molecule has 6 N–H and O–H groups in total. The summed E-state index contributed by atoms with van der Waals surface area (Å²) in [7, 11) is 0. The van der Waals surface area contributed by atoms with Crippen LogP contribution in [0.4, 0.5) is 0 Å². The quantitative estimate of drug-likeness (QED) is 0.223. The molecule has 0 aromatic rings. The summed E-state index contributed by atoms with van der Waals surface area (Å²) >= 11 is 0. The van der Waals surface area contributed by atoms with E-state index in [2.05, 4.69) is 16.0 Å². The first-order valence-corrected chi connectivity index (χ1v) is 9.74. The van der Waals surface area contributed by atoms with Crippen LogP contribution >= 0.6 is 0 Å². The van der Waals surface area contributed by atoms with E-state index >= 15 is 0 Å². The van der Waals surface area contributed by atoms with Crippen LogP contribution in [0, 0.1) is 16.7 Å². The van der Waals surface area contributed by atoms with Crippen LogP contribution in [0.2, 0.25) is 0 Å². The maximum atomic E-state index is 12.7. The van der Waals surface area contributed by atoms with Gasteiger partial charge < -0.3 is 31.3 Å². The number of amides is 3. The molecule has 0 bridgehead atoms. The van der Waals surface area contributed by atoms with E-state index in [9.17, 15) is 14.4 Å². The van der Waals surface area contributed by atoms with Gasteiger partial charge >= 0.3 is 0 Å². The molecule has 0 radical (unpaired) electrons. The topological polar surface area (TPSA) is 148 Å². The second-order valence-corrected chi connectivity index (χ2v) is 7.88. The third-order valence-corrected chi connectivity index (χ3v) is 4.97. The minimum absolute atomic E-state index is 0.0893. The van der Waals surface area contributed by atoms with Gasteiger partial charge in [-0.05, 0) is 19.3 Å². The van der Waals surface area contributed by atoms with E-state index in [1.165, 1.54) is 0 Å². The monoisotopic (exact) mass is 403 g/mol. The predicted octanol–water partition coefficient (Wildman–Crippen LogP) is -0.849. The summed E-state index contributed by atoms with van der Waals surface area (Å²) in [5.74, 6) is -1.51. The van der Waals surface area contributed by atoms with E-state index in [0.717, 1.165) is 0 Å². The molecule has 0 fully saturated rings. The lowest BCUT2D eigenvalue weighted by Crippen LogP contribution is -2.46. The first kappa shape index (κ1) is 26.3. The van der Waals surface area contributed by atoms with Gasteiger partial charge in [-0.1, -0.05) is 27.7 Å². The average Bonchev–Trinajstić information content (AvgIpc) is 2.67. The van der Waals surface area contributed by atoms with Crippen molar-refractivity contribution >= 4 is 17.7 Å². The summed E-state index contributed by atoms with van der Waals surface area (Å²) in [5.41, 5.74) is -1.75. The van der Waals surface area contributed by atoms with Crippen LogP contribution < -0.4 is 16.0 Å². The third kappa shape index (κ3) is 8.53. The normalized spacial score (nSPS) is 14.7. The minimum atomic E-state index is -0.896. The smallest absolute Gasteiger partial charge is 0.226 e. The van der Waals surface area contributed by atoms with Crippen molar-refractivity contribution in [2.45, 2.75) is 47.0 Å². The molecule has 0 aromatic carbocycles. The van der Waals surface area contributed by atoms with Crippen LogP contribution in [0.25, 0.3) is 0 Å². The van der Waals surface area contributed by atoms with Gasteiger partial charge in [0, 0.05) is 36.4 Å². The van der Waals surface area contributed by atoms with Gasteiger partial charge in [0.2, 0.25) is 17.7 Å². The zero-order chi connectivity index (χ0) is 21.8. The van der Waals surface area contributed by atoms with E-state index in [1.54, 1.807) is 20.8 Å². The van der Waals surface area contributed by atoms with Crippen LogP contribution in [0.1, 0.15) is 47.0 Å². The van der Waals surface area contributed by atoms with Crippen molar-refractivity contribution in [3.05, 3.63) is 0 Å². The molecule has 3 amide bonds. The van der Waals surface area contributed by atoms with E-state index in [4.69, 9.17) is 15.3 Å². The van der Waals surface area contributed by atoms with Gasteiger partial charge in [0.05, 0.1) is 19.8 Å². The Kier molecular flexibility index (Phi) is 11.9. The molecule has 0 saturated heterocycles. The summed E-state index contributed by atoms with van der Waals surface area (Å²) < 4.78 is 0. The Morgan fingerprint density at radius 1 is 0.786 bits per heavy atom. The van der Waals surface area contributed by atoms with E-state index in [-0.39, 0.29) is 70.0 Å². The molecule has 0 aliphatic rings. The maximum Gasteiger partial charge on any atom is 0.226 e. The first-order chi connectivity index (χ1) is 13.1. The number of nitrogens with one attached hydrogen (secondary N) is 3. The highest BCUT2D eigenvalue weighted by Crippen LogP contribution is 2.36. The van der Waals surface area contributed by atoms with Crippen LogP contribution in [-0.2, 0) is 14.4 Å². The SMILES string of the molecule is CCC(C)(CC(CC(C)(C)C(=O)NCCO)C(=O)NCCO)C(=O)NCCO. The van der Waals surface area contributed by atoms with Crippen molar-refractivity contribution in [1.29, 1.82) is 0 Å². The van der Waals surface area contributed by atoms with Gasteiger partial charge in [0.25, 0.3) is 0 Å². The maximum absolute atomic E-state index is 12.7. The number of aliphatic hydroxyl groups excluding tert-OH is 3. The average molecular weight is 404 g/mol. The standard InChI is InChI=1S/C19H37N3O6/c1-5-19(4,17(28)22-8-11-25)13-14(15(26)20-6-9-23)12-18(2,3)16(27)21-7-10-24/h14,23-25H,5-13H2,1-4H3,(H,20,26)(H,21,27)(H,22,28). The highest BCUT2D eigenvalue weighted by molar-refractivity contribution is 5.86.